The van der Waals surface area contributed by atoms with E-state index in [0.29, 0.717) is 5.92 Å². The zero-order valence-corrected chi connectivity index (χ0v) is 14.1. The van der Waals surface area contributed by atoms with E-state index in [-0.39, 0.29) is 16.7 Å². The highest BCUT2D eigenvalue weighted by atomic mass is 16.6. The molecule has 1 aromatic carbocycles. The lowest BCUT2D eigenvalue weighted by molar-refractivity contribution is -0.384. The van der Waals surface area contributed by atoms with Gasteiger partial charge in [-0.15, -0.1) is 0 Å². The molecule has 23 heavy (non-hydrogen) atoms. The molecule has 0 fully saturated rings. The van der Waals surface area contributed by atoms with E-state index in [0.717, 1.165) is 37.2 Å². The molecule has 2 rings (SSSR count). The third-order valence-corrected chi connectivity index (χ3v) is 4.41. The van der Waals surface area contributed by atoms with Gasteiger partial charge in [0.15, 0.2) is 0 Å². The number of aliphatic imine (C=N–C) groups is 1. The average molecular weight is 315 g/mol. The first-order valence-corrected chi connectivity index (χ1v) is 8.35. The molecule has 1 aromatic rings. The zero-order chi connectivity index (χ0) is 16.8. The predicted octanol–water partition coefficient (Wildman–Crippen LogP) is 4.04. The van der Waals surface area contributed by atoms with Crippen LogP contribution in [0.5, 0.6) is 0 Å². The lowest BCUT2D eigenvalue weighted by Gasteiger charge is -2.37. The summed E-state index contributed by atoms with van der Waals surface area (Å²) < 4.78 is 0. The Morgan fingerprint density at radius 3 is 2.61 bits per heavy atom. The molecule has 0 aliphatic carbocycles. The van der Waals surface area contributed by atoms with Crippen molar-refractivity contribution in [2.45, 2.75) is 39.7 Å². The molecule has 0 aromatic heterocycles. The summed E-state index contributed by atoms with van der Waals surface area (Å²) in [6, 6.07) is 7.00. The molecule has 5 heteroatoms. The zero-order valence-electron chi connectivity index (χ0n) is 14.1. The number of benzene rings is 1. The second-order valence-corrected chi connectivity index (χ2v) is 5.78. The fourth-order valence-electron chi connectivity index (χ4n) is 3.29. The standard InChI is InChI=1S/C18H25N3O2/c1-4-8-14-11-12-19-17(18(14)20(5-2)6-3)15-9-7-10-16(13-15)21(22)23/h7,9-14,18H,4-6,8H2,1-3H3/t14-,18+/m1/s1. The van der Waals surface area contributed by atoms with Crippen molar-refractivity contribution in [3.05, 3.63) is 52.2 Å². The largest absolute Gasteiger partial charge is 0.295 e. The van der Waals surface area contributed by atoms with Gasteiger partial charge in [-0.05, 0) is 25.4 Å². The van der Waals surface area contributed by atoms with Crippen LogP contribution in [-0.4, -0.2) is 34.7 Å². The molecule has 1 aliphatic rings. The highest BCUT2D eigenvalue weighted by Crippen LogP contribution is 2.27. The van der Waals surface area contributed by atoms with Crippen LogP contribution in [0.25, 0.3) is 0 Å². The quantitative estimate of drug-likeness (QED) is 0.563. The van der Waals surface area contributed by atoms with E-state index in [1.165, 1.54) is 6.07 Å². The number of nitro benzene ring substituents is 1. The van der Waals surface area contributed by atoms with Crippen molar-refractivity contribution in [3.8, 4) is 0 Å². The van der Waals surface area contributed by atoms with Gasteiger partial charge in [-0.25, -0.2) is 0 Å². The molecule has 2 atom stereocenters. The highest BCUT2D eigenvalue weighted by molar-refractivity contribution is 6.06. The number of hydrogen-bond acceptors (Lipinski definition) is 4. The third kappa shape index (κ3) is 3.85. The van der Waals surface area contributed by atoms with Crippen molar-refractivity contribution in [1.82, 2.24) is 4.90 Å². The fraction of sp³-hybridized carbons (Fsp3) is 0.500. The van der Waals surface area contributed by atoms with Crippen LogP contribution in [0.3, 0.4) is 0 Å². The van der Waals surface area contributed by atoms with E-state index in [1.807, 2.05) is 12.3 Å². The molecular weight excluding hydrogens is 290 g/mol. The Kier molecular flexibility index (Phi) is 6.04. The number of likely N-dealkylation sites (N-methyl/N-ethyl adjacent to an activating group) is 1. The summed E-state index contributed by atoms with van der Waals surface area (Å²) in [7, 11) is 0. The molecule has 0 amide bonds. The van der Waals surface area contributed by atoms with E-state index >= 15 is 0 Å². The van der Waals surface area contributed by atoms with Crippen molar-refractivity contribution >= 4 is 11.4 Å². The van der Waals surface area contributed by atoms with Crippen LogP contribution in [0.4, 0.5) is 5.69 Å². The summed E-state index contributed by atoms with van der Waals surface area (Å²) in [6.45, 7) is 8.35. The van der Waals surface area contributed by atoms with E-state index in [4.69, 9.17) is 0 Å². The third-order valence-electron chi connectivity index (χ3n) is 4.41. The maximum atomic E-state index is 11.1. The van der Waals surface area contributed by atoms with Crippen LogP contribution in [0.1, 0.15) is 39.2 Å². The summed E-state index contributed by atoms with van der Waals surface area (Å²) in [5.74, 6) is 0.395. The highest BCUT2D eigenvalue weighted by Gasteiger charge is 2.31. The fourth-order valence-corrected chi connectivity index (χ4v) is 3.29. The maximum absolute atomic E-state index is 11.1. The molecule has 0 spiro atoms. The minimum absolute atomic E-state index is 0.116. The van der Waals surface area contributed by atoms with E-state index in [2.05, 4.69) is 36.7 Å². The summed E-state index contributed by atoms with van der Waals surface area (Å²) >= 11 is 0. The molecule has 0 saturated heterocycles. The van der Waals surface area contributed by atoms with Crippen LogP contribution in [-0.2, 0) is 0 Å². The monoisotopic (exact) mass is 315 g/mol. The van der Waals surface area contributed by atoms with Crippen molar-refractivity contribution in [2.24, 2.45) is 10.9 Å². The number of rotatable bonds is 7. The van der Waals surface area contributed by atoms with Crippen LogP contribution < -0.4 is 0 Å². The smallest absolute Gasteiger partial charge is 0.270 e. The van der Waals surface area contributed by atoms with Gasteiger partial charge in [0.2, 0.25) is 0 Å². The Morgan fingerprint density at radius 1 is 1.26 bits per heavy atom. The molecule has 0 N–H and O–H groups in total. The molecule has 1 heterocycles. The molecular formula is C18H25N3O2. The predicted molar refractivity (Wildman–Crippen MR) is 93.9 cm³/mol. The van der Waals surface area contributed by atoms with Crippen LogP contribution >= 0.6 is 0 Å². The molecule has 5 nitrogen and oxygen atoms in total. The summed E-state index contributed by atoms with van der Waals surface area (Å²) in [5.41, 5.74) is 1.91. The van der Waals surface area contributed by atoms with Gasteiger partial charge < -0.3 is 0 Å². The normalized spacial score (nSPS) is 20.6. The molecule has 0 radical (unpaired) electrons. The molecule has 124 valence electrons. The Labute approximate surface area is 137 Å². The van der Waals surface area contributed by atoms with Gasteiger partial charge in [-0.1, -0.05) is 45.4 Å². The van der Waals surface area contributed by atoms with Crippen LogP contribution in [0, 0.1) is 16.0 Å². The minimum Gasteiger partial charge on any atom is -0.295 e. The van der Waals surface area contributed by atoms with Gasteiger partial charge in [-0.3, -0.25) is 20.0 Å². The lowest BCUT2D eigenvalue weighted by atomic mass is 9.85. The summed E-state index contributed by atoms with van der Waals surface area (Å²) in [4.78, 5) is 17.7. The topological polar surface area (TPSA) is 58.7 Å². The first kappa shape index (κ1) is 17.3. The summed E-state index contributed by atoms with van der Waals surface area (Å²) in [6.07, 6.45) is 6.22. The van der Waals surface area contributed by atoms with Crippen molar-refractivity contribution in [1.29, 1.82) is 0 Å². The van der Waals surface area contributed by atoms with Gasteiger partial charge in [0.1, 0.15) is 0 Å². The van der Waals surface area contributed by atoms with Crippen molar-refractivity contribution in [3.63, 3.8) is 0 Å². The number of hydrogen-bond donors (Lipinski definition) is 0. The molecule has 0 unspecified atom stereocenters. The van der Waals surface area contributed by atoms with Crippen molar-refractivity contribution in [2.75, 3.05) is 13.1 Å². The van der Waals surface area contributed by atoms with E-state index in [9.17, 15) is 10.1 Å². The van der Waals surface area contributed by atoms with E-state index < -0.39 is 0 Å². The van der Waals surface area contributed by atoms with Crippen molar-refractivity contribution < 1.29 is 4.92 Å². The van der Waals surface area contributed by atoms with Gasteiger partial charge in [0, 0.05) is 23.9 Å². The van der Waals surface area contributed by atoms with E-state index in [1.54, 1.807) is 12.1 Å². The SMILES string of the molecule is CCC[C@@H]1C=CN=C(c2cccc([N+](=O)[O-])c2)[C@H]1N(CC)CC. The first-order valence-electron chi connectivity index (χ1n) is 8.35. The minimum atomic E-state index is -0.349. The summed E-state index contributed by atoms with van der Waals surface area (Å²) in [5, 5.41) is 11.1. The second kappa shape index (κ2) is 8.02. The first-order chi connectivity index (χ1) is 11.1. The number of non-ortho nitro benzene ring substituents is 1. The maximum Gasteiger partial charge on any atom is 0.270 e. The van der Waals surface area contributed by atoms with Gasteiger partial charge in [0.05, 0.1) is 16.7 Å². The van der Waals surface area contributed by atoms with Gasteiger partial charge in [-0.2, -0.15) is 0 Å². The molecule has 0 bridgehead atoms. The second-order valence-electron chi connectivity index (χ2n) is 5.78. The number of nitrogens with zero attached hydrogens (tertiary/aromatic N) is 3. The molecule has 0 saturated carbocycles. The van der Waals surface area contributed by atoms with Gasteiger partial charge >= 0.3 is 0 Å². The Balaban J connectivity index is 2.44. The Morgan fingerprint density at radius 2 is 2.00 bits per heavy atom. The van der Waals surface area contributed by atoms with Crippen LogP contribution in [0.15, 0.2) is 41.5 Å². The van der Waals surface area contributed by atoms with Crippen LogP contribution in [0.2, 0.25) is 0 Å². The average Bonchev–Trinajstić information content (AvgIpc) is 2.57. The number of nitro groups is 1. The van der Waals surface area contributed by atoms with Gasteiger partial charge in [0.25, 0.3) is 5.69 Å². The molecule has 1 aliphatic heterocycles. The lowest BCUT2D eigenvalue weighted by Crippen LogP contribution is -2.47. The Hall–Kier alpha value is -2.01. The Bertz CT molecular complexity index is 606.